The van der Waals surface area contributed by atoms with Gasteiger partial charge in [0.15, 0.2) is 0 Å². The van der Waals surface area contributed by atoms with Crippen molar-refractivity contribution in [2.75, 3.05) is 0 Å². The number of hydrogen-bond acceptors (Lipinski definition) is 4. The van der Waals surface area contributed by atoms with E-state index in [2.05, 4.69) is 20.3 Å². The van der Waals surface area contributed by atoms with Crippen LogP contribution in [0.1, 0.15) is 34.0 Å². The summed E-state index contributed by atoms with van der Waals surface area (Å²) in [6.07, 6.45) is 4.50. The summed E-state index contributed by atoms with van der Waals surface area (Å²) >= 11 is 1.64. The molecule has 0 aliphatic heterocycles. The van der Waals surface area contributed by atoms with E-state index in [1.54, 1.807) is 11.3 Å². The smallest absolute Gasteiger partial charge is 0.267 e. The lowest BCUT2D eigenvalue weighted by Gasteiger charge is -2.24. The molecule has 3 aromatic rings. The average Bonchev–Trinajstić information content (AvgIpc) is 3.08. The Labute approximate surface area is 131 Å². The fourth-order valence-electron chi connectivity index (χ4n) is 2.96. The maximum Gasteiger partial charge on any atom is 0.267 e. The monoisotopic (exact) mass is 312 g/mol. The number of thiophene rings is 1. The number of H-pyrrole nitrogens is 1. The van der Waals surface area contributed by atoms with Crippen LogP contribution in [0.25, 0.3) is 10.2 Å². The van der Waals surface area contributed by atoms with E-state index in [1.807, 2.05) is 30.6 Å². The summed E-state index contributed by atoms with van der Waals surface area (Å²) in [6.45, 7) is 1.91. The molecule has 3 aromatic heterocycles. The van der Waals surface area contributed by atoms with Gasteiger partial charge in [-0.05, 0) is 49.3 Å². The zero-order valence-corrected chi connectivity index (χ0v) is 13.0. The van der Waals surface area contributed by atoms with Crippen molar-refractivity contribution in [3.63, 3.8) is 0 Å². The van der Waals surface area contributed by atoms with E-state index in [9.17, 15) is 4.79 Å². The van der Waals surface area contributed by atoms with Crippen molar-refractivity contribution in [2.45, 2.75) is 32.2 Å². The van der Waals surface area contributed by atoms with Crippen LogP contribution in [-0.4, -0.2) is 26.9 Å². The third-order valence-electron chi connectivity index (χ3n) is 4.09. The minimum absolute atomic E-state index is 0.0371. The second-order valence-electron chi connectivity index (χ2n) is 5.68. The quantitative estimate of drug-likeness (QED) is 0.764. The van der Waals surface area contributed by atoms with Gasteiger partial charge in [-0.2, -0.15) is 0 Å². The van der Waals surface area contributed by atoms with Crippen molar-refractivity contribution < 1.29 is 4.79 Å². The molecule has 4 rings (SSSR count). The Bertz CT molecular complexity index is 822. The van der Waals surface area contributed by atoms with Gasteiger partial charge in [0.25, 0.3) is 5.91 Å². The molecule has 0 spiro atoms. The molecule has 3 heterocycles. The lowest BCUT2D eigenvalue weighted by atomic mass is 9.92. The van der Waals surface area contributed by atoms with E-state index in [0.717, 1.165) is 46.6 Å². The maximum atomic E-state index is 12.4. The molecule has 2 N–H and O–H groups in total. The second kappa shape index (κ2) is 5.21. The van der Waals surface area contributed by atoms with Crippen molar-refractivity contribution in [3.05, 3.63) is 46.5 Å². The molecule has 0 bridgehead atoms. The number of fused-ring (bicyclic) bond motifs is 2. The van der Waals surface area contributed by atoms with Gasteiger partial charge in [0.1, 0.15) is 11.5 Å². The predicted molar refractivity (Wildman–Crippen MR) is 86.2 cm³/mol. The third-order valence-corrected chi connectivity index (χ3v) is 4.95. The fourth-order valence-corrected chi connectivity index (χ4v) is 3.75. The van der Waals surface area contributed by atoms with Gasteiger partial charge in [0.05, 0.1) is 10.2 Å². The van der Waals surface area contributed by atoms with Crippen LogP contribution in [0.4, 0.5) is 0 Å². The van der Waals surface area contributed by atoms with Crippen LogP contribution in [0.2, 0.25) is 0 Å². The number of carbonyl (C=O) groups is 1. The molecule has 0 unspecified atom stereocenters. The van der Waals surface area contributed by atoms with Crippen LogP contribution >= 0.6 is 11.3 Å². The number of aromatic nitrogens is 3. The molecule has 1 aliphatic carbocycles. The summed E-state index contributed by atoms with van der Waals surface area (Å²) in [5.74, 6) is 0.776. The van der Waals surface area contributed by atoms with Gasteiger partial charge in [-0.3, -0.25) is 4.79 Å². The molecule has 1 amide bonds. The first-order chi connectivity index (χ1) is 10.7. The predicted octanol–water partition coefficient (Wildman–Crippen LogP) is 2.62. The Morgan fingerprint density at radius 2 is 2.41 bits per heavy atom. The number of aryl methyl sites for hydroxylation is 2. The molecule has 1 atom stereocenters. The molecule has 5 nitrogen and oxygen atoms in total. The van der Waals surface area contributed by atoms with Gasteiger partial charge in [-0.25, -0.2) is 9.97 Å². The second-order valence-corrected chi connectivity index (χ2v) is 6.63. The normalized spacial score (nSPS) is 17.4. The van der Waals surface area contributed by atoms with Gasteiger partial charge >= 0.3 is 0 Å². The standard InChI is InChI=1S/C16H16N4OS/c1-9-17-8-10-6-11(2-3-12(10)18-9)19-16(21)14-7-15-13(20-14)4-5-22-15/h4-5,7-8,11,20H,2-3,6H2,1H3,(H,19,21)/t11-/m0/s1. The largest absolute Gasteiger partial charge is 0.350 e. The van der Waals surface area contributed by atoms with Crippen molar-refractivity contribution >= 4 is 27.5 Å². The van der Waals surface area contributed by atoms with E-state index in [4.69, 9.17) is 0 Å². The molecule has 0 radical (unpaired) electrons. The van der Waals surface area contributed by atoms with Gasteiger partial charge < -0.3 is 10.3 Å². The van der Waals surface area contributed by atoms with Crippen molar-refractivity contribution in [3.8, 4) is 0 Å². The van der Waals surface area contributed by atoms with Crippen LogP contribution < -0.4 is 5.32 Å². The highest BCUT2D eigenvalue weighted by molar-refractivity contribution is 7.17. The lowest BCUT2D eigenvalue weighted by Crippen LogP contribution is -2.39. The summed E-state index contributed by atoms with van der Waals surface area (Å²) in [7, 11) is 0. The van der Waals surface area contributed by atoms with Crippen LogP contribution in [0.15, 0.2) is 23.7 Å². The Morgan fingerprint density at radius 3 is 3.27 bits per heavy atom. The van der Waals surface area contributed by atoms with Gasteiger partial charge in [-0.15, -0.1) is 11.3 Å². The number of aromatic amines is 1. The first kappa shape index (κ1) is 13.5. The van der Waals surface area contributed by atoms with Crippen molar-refractivity contribution in [2.24, 2.45) is 0 Å². The SMILES string of the molecule is Cc1ncc2c(n1)CC[C@H](NC(=O)c1cc3sccc3[nH]1)C2. The molecule has 112 valence electrons. The van der Waals surface area contributed by atoms with Crippen LogP contribution in [0, 0.1) is 6.92 Å². The molecule has 0 aromatic carbocycles. The number of carbonyl (C=O) groups excluding carboxylic acids is 1. The molecule has 0 fully saturated rings. The van der Waals surface area contributed by atoms with Crippen molar-refractivity contribution in [1.82, 2.24) is 20.3 Å². The molecule has 6 heteroatoms. The van der Waals surface area contributed by atoms with Crippen LogP contribution in [0.5, 0.6) is 0 Å². The van der Waals surface area contributed by atoms with Gasteiger partial charge in [0, 0.05) is 17.9 Å². The minimum Gasteiger partial charge on any atom is -0.350 e. The van der Waals surface area contributed by atoms with E-state index >= 15 is 0 Å². The Kier molecular flexibility index (Phi) is 3.18. The summed E-state index contributed by atoms with van der Waals surface area (Å²) < 4.78 is 1.11. The van der Waals surface area contributed by atoms with Gasteiger partial charge in [0.2, 0.25) is 0 Å². The first-order valence-electron chi connectivity index (χ1n) is 7.37. The zero-order valence-electron chi connectivity index (χ0n) is 12.2. The molecule has 0 saturated heterocycles. The number of rotatable bonds is 2. The van der Waals surface area contributed by atoms with E-state index < -0.39 is 0 Å². The fraction of sp³-hybridized carbons (Fsp3) is 0.312. The topological polar surface area (TPSA) is 70.7 Å². The van der Waals surface area contributed by atoms with E-state index in [1.165, 1.54) is 0 Å². The summed E-state index contributed by atoms with van der Waals surface area (Å²) in [5.41, 5.74) is 3.92. The summed E-state index contributed by atoms with van der Waals surface area (Å²) in [6, 6.07) is 4.05. The molecular weight excluding hydrogens is 296 g/mol. The Balaban J connectivity index is 1.48. The number of amides is 1. The van der Waals surface area contributed by atoms with E-state index in [-0.39, 0.29) is 11.9 Å². The number of hydrogen-bond donors (Lipinski definition) is 2. The summed E-state index contributed by atoms with van der Waals surface area (Å²) in [4.78, 5) is 24.3. The zero-order chi connectivity index (χ0) is 15.1. The molecule has 0 saturated carbocycles. The number of nitrogens with one attached hydrogen (secondary N) is 2. The highest BCUT2D eigenvalue weighted by Gasteiger charge is 2.22. The van der Waals surface area contributed by atoms with Crippen LogP contribution in [0.3, 0.4) is 0 Å². The lowest BCUT2D eigenvalue weighted by molar-refractivity contribution is 0.0929. The van der Waals surface area contributed by atoms with Crippen molar-refractivity contribution in [1.29, 1.82) is 0 Å². The van der Waals surface area contributed by atoms with Gasteiger partial charge in [-0.1, -0.05) is 0 Å². The molecule has 22 heavy (non-hydrogen) atoms. The first-order valence-corrected chi connectivity index (χ1v) is 8.25. The number of nitrogens with zero attached hydrogens (tertiary/aromatic N) is 2. The van der Waals surface area contributed by atoms with Crippen LogP contribution in [-0.2, 0) is 12.8 Å². The highest BCUT2D eigenvalue weighted by atomic mass is 32.1. The maximum absolute atomic E-state index is 12.4. The average molecular weight is 312 g/mol. The van der Waals surface area contributed by atoms with E-state index in [0.29, 0.717) is 5.69 Å². The molecule has 1 aliphatic rings. The minimum atomic E-state index is -0.0371. The third kappa shape index (κ3) is 2.39. The highest BCUT2D eigenvalue weighted by Crippen LogP contribution is 2.22. The Hall–Kier alpha value is -2.21. The Morgan fingerprint density at radius 1 is 1.50 bits per heavy atom. The molecular formula is C16H16N4OS. The summed E-state index contributed by atoms with van der Waals surface area (Å²) in [5, 5.41) is 5.14.